The highest BCUT2D eigenvalue weighted by Crippen LogP contribution is 2.65. The number of carbonyl (C=O) groups excluding carboxylic acids is 1. The average molecular weight is 342 g/mol. The fourth-order valence-corrected chi connectivity index (χ4v) is 6.41. The summed E-state index contributed by atoms with van der Waals surface area (Å²) in [4.78, 5) is 16.8. The highest BCUT2D eigenvalue weighted by atomic mass is 17.1. The van der Waals surface area contributed by atoms with Gasteiger partial charge in [-0.3, -0.25) is 10.1 Å². The summed E-state index contributed by atoms with van der Waals surface area (Å²) in [6.07, 6.45) is 13.0. The predicted octanol–water partition coefficient (Wildman–Crippen LogP) is 3.41. The maximum atomic E-state index is 11.8. The van der Waals surface area contributed by atoms with Gasteiger partial charge in [0.2, 0.25) is 0 Å². The maximum absolute atomic E-state index is 11.8. The van der Waals surface area contributed by atoms with Crippen LogP contribution in [0.1, 0.15) is 58.3 Å². The molecule has 0 bridgehead atoms. The van der Waals surface area contributed by atoms with Crippen molar-refractivity contribution in [3.63, 3.8) is 0 Å². The van der Waals surface area contributed by atoms with Gasteiger partial charge in [0.15, 0.2) is 5.78 Å². The maximum Gasteiger partial charge on any atom is 0.156 e. The lowest BCUT2D eigenvalue weighted by molar-refractivity contribution is -0.287. The summed E-state index contributed by atoms with van der Waals surface area (Å²) in [7, 11) is 0. The highest BCUT2D eigenvalue weighted by molar-refractivity contribution is 5.93. The molecule has 0 heterocycles. The zero-order chi connectivity index (χ0) is 17.8. The fraction of sp³-hybridized carbons (Fsp3) is 0.667. The van der Waals surface area contributed by atoms with Crippen LogP contribution in [0.25, 0.3) is 0 Å². The van der Waals surface area contributed by atoms with Crippen molar-refractivity contribution in [1.29, 1.82) is 0 Å². The van der Waals surface area contributed by atoms with Crippen molar-refractivity contribution in [1.82, 2.24) is 0 Å². The number of terminal acetylenes is 1. The lowest BCUT2D eigenvalue weighted by Crippen LogP contribution is -2.54. The molecular formula is C21H26O4. The third-order valence-electron chi connectivity index (χ3n) is 7.55. The molecule has 0 aromatic carbocycles. The first-order chi connectivity index (χ1) is 12.0. The third kappa shape index (κ3) is 2.16. The van der Waals surface area contributed by atoms with Crippen molar-refractivity contribution in [2.75, 3.05) is 0 Å². The van der Waals surface area contributed by atoms with E-state index in [0.29, 0.717) is 25.2 Å². The minimum absolute atomic E-state index is 0.195. The molecule has 0 saturated heterocycles. The van der Waals surface area contributed by atoms with E-state index >= 15 is 0 Å². The van der Waals surface area contributed by atoms with Crippen LogP contribution in [-0.4, -0.2) is 27.9 Å². The number of hydrogen-bond donors (Lipinski definition) is 2. The Labute approximate surface area is 148 Å². The molecule has 2 saturated carbocycles. The molecule has 4 nitrogen and oxygen atoms in total. The van der Waals surface area contributed by atoms with Crippen LogP contribution in [0.3, 0.4) is 0 Å². The van der Waals surface area contributed by atoms with Gasteiger partial charge in [0, 0.05) is 11.8 Å². The zero-order valence-corrected chi connectivity index (χ0v) is 14.8. The van der Waals surface area contributed by atoms with Gasteiger partial charge in [0.05, 0.1) is 0 Å². The van der Waals surface area contributed by atoms with Gasteiger partial charge in [0.25, 0.3) is 0 Å². The summed E-state index contributed by atoms with van der Waals surface area (Å²) in [5.41, 5.74) is 1.98. The van der Waals surface area contributed by atoms with Gasteiger partial charge in [-0.2, -0.15) is 0 Å². The molecule has 0 spiro atoms. The monoisotopic (exact) mass is 342 g/mol. The van der Waals surface area contributed by atoms with E-state index in [4.69, 9.17) is 11.3 Å². The Balaban J connectivity index is 1.85. The van der Waals surface area contributed by atoms with Crippen LogP contribution in [0, 0.1) is 29.6 Å². The van der Waals surface area contributed by atoms with E-state index in [1.54, 1.807) is 6.08 Å². The number of fused-ring (bicyclic) bond motifs is 4. The van der Waals surface area contributed by atoms with Crippen LogP contribution in [-0.2, 0) is 9.68 Å². The minimum atomic E-state index is -1.13. The van der Waals surface area contributed by atoms with Gasteiger partial charge in [0.1, 0.15) is 11.7 Å². The number of aliphatic hydroxyl groups is 1. The Morgan fingerprint density at radius 2 is 2.16 bits per heavy atom. The van der Waals surface area contributed by atoms with Gasteiger partial charge >= 0.3 is 0 Å². The van der Waals surface area contributed by atoms with Gasteiger partial charge in [-0.05, 0) is 79.6 Å². The Hall–Kier alpha value is -1.41. The Bertz CT molecular complexity index is 712. The number of ketones is 1. The number of rotatable bonds is 2. The summed E-state index contributed by atoms with van der Waals surface area (Å²) >= 11 is 0. The molecule has 5 atom stereocenters. The van der Waals surface area contributed by atoms with Gasteiger partial charge in [-0.25, -0.2) is 4.89 Å². The molecule has 4 aliphatic carbocycles. The topological polar surface area (TPSA) is 66.8 Å². The van der Waals surface area contributed by atoms with Crippen LogP contribution in [0.2, 0.25) is 0 Å². The molecule has 134 valence electrons. The molecule has 4 aliphatic rings. The number of allylic oxidation sites excluding steroid dienone is 3. The SMILES string of the molecule is C#C[C@]1(O)CC[C@H]2[C@@H]3CCC4=CC(=O)CCC4=C3[C@@H](OO)C[C@@]21CC. The van der Waals surface area contributed by atoms with E-state index < -0.39 is 17.1 Å². The normalized spacial score (nSPS) is 43.0. The first-order valence-corrected chi connectivity index (χ1v) is 9.46. The molecule has 0 aromatic heterocycles. The molecule has 0 aromatic rings. The minimum Gasteiger partial charge on any atom is -0.377 e. The zero-order valence-electron chi connectivity index (χ0n) is 14.8. The molecule has 0 unspecified atom stereocenters. The Kier molecular flexibility index (Phi) is 3.95. The van der Waals surface area contributed by atoms with Crippen molar-refractivity contribution >= 4 is 5.78 Å². The lowest BCUT2D eigenvalue weighted by Gasteiger charge is -2.53. The second kappa shape index (κ2) is 5.81. The van der Waals surface area contributed by atoms with E-state index in [1.165, 1.54) is 11.1 Å². The molecule has 2 fully saturated rings. The first kappa shape index (κ1) is 17.0. The van der Waals surface area contributed by atoms with E-state index in [1.807, 2.05) is 0 Å². The van der Waals surface area contributed by atoms with Crippen molar-refractivity contribution in [2.24, 2.45) is 17.3 Å². The molecule has 0 aliphatic heterocycles. The summed E-state index contributed by atoms with van der Waals surface area (Å²) in [5.74, 6) is 3.46. The molecule has 25 heavy (non-hydrogen) atoms. The molecule has 2 N–H and O–H groups in total. The van der Waals surface area contributed by atoms with Crippen LogP contribution in [0.5, 0.6) is 0 Å². The molecule has 4 heteroatoms. The second-order valence-corrected chi connectivity index (χ2v) is 8.17. The highest BCUT2D eigenvalue weighted by Gasteiger charge is 2.64. The van der Waals surface area contributed by atoms with Gasteiger partial charge in [-0.15, -0.1) is 6.42 Å². The predicted molar refractivity (Wildman–Crippen MR) is 93.4 cm³/mol. The van der Waals surface area contributed by atoms with Crippen LogP contribution >= 0.6 is 0 Å². The van der Waals surface area contributed by atoms with E-state index in [2.05, 4.69) is 12.8 Å². The van der Waals surface area contributed by atoms with Crippen LogP contribution < -0.4 is 0 Å². The fourth-order valence-electron chi connectivity index (χ4n) is 6.41. The molecular weight excluding hydrogens is 316 g/mol. The standard InChI is InChI=1S/C21H26O4/c1-3-20-12-18(25-24)19-15-8-6-14(22)11-13(15)5-7-16(19)17(20)9-10-21(20,23)4-2/h2,11,16-18,23-24H,3,5-10,12H2,1H3/t16-,17-,18-,20-,21-/m0/s1. The third-order valence-corrected chi connectivity index (χ3v) is 7.55. The molecule has 4 rings (SSSR count). The van der Waals surface area contributed by atoms with Crippen molar-refractivity contribution in [2.45, 2.75) is 70.0 Å². The summed E-state index contributed by atoms with van der Waals surface area (Å²) in [6, 6.07) is 0. The smallest absolute Gasteiger partial charge is 0.156 e. The van der Waals surface area contributed by atoms with Gasteiger partial charge < -0.3 is 5.11 Å². The van der Waals surface area contributed by atoms with Crippen molar-refractivity contribution in [3.05, 3.63) is 22.8 Å². The number of hydrogen-bond acceptors (Lipinski definition) is 4. The summed E-state index contributed by atoms with van der Waals surface area (Å²) < 4.78 is 0. The van der Waals surface area contributed by atoms with Crippen LogP contribution in [0.4, 0.5) is 0 Å². The largest absolute Gasteiger partial charge is 0.377 e. The van der Waals surface area contributed by atoms with Crippen molar-refractivity contribution < 1.29 is 20.0 Å². The Morgan fingerprint density at radius 1 is 1.36 bits per heavy atom. The van der Waals surface area contributed by atoms with E-state index in [-0.39, 0.29) is 11.7 Å². The molecule has 0 amide bonds. The summed E-state index contributed by atoms with van der Waals surface area (Å²) in [6.45, 7) is 2.08. The summed E-state index contributed by atoms with van der Waals surface area (Å²) in [5, 5.41) is 20.9. The Morgan fingerprint density at radius 3 is 2.84 bits per heavy atom. The van der Waals surface area contributed by atoms with Crippen LogP contribution in [0.15, 0.2) is 22.8 Å². The van der Waals surface area contributed by atoms with E-state index in [0.717, 1.165) is 37.7 Å². The molecule has 0 radical (unpaired) electrons. The average Bonchev–Trinajstić information content (AvgIpc) is 2.94. The van der Waals surface area contributed by atoms with Gasteiger partial charge in [-0.1, -0.05) is 12.8 Å². The van der Waals surface area contributed by atoms with Crippen molar-refractivity contribution in [3.8, 4) is 12.3 Å². The quantitative estimate of drug-likeness (QED) is 0.458. The lowest BCUT2D eigenvalue weighted by atomic mass is 9.52. The first-order valence-electron chi connectivity index (χ1n) is 9.46. The number of carbonyl (C=O) groups is 1. The second-order valence-electron chi connectivity index (χ2n) is 8.17. The van der Waals surface area contributed by atoms with E-state index in [9.17, 15) is 15.2 Å².